The van der Waals surface area contributed by atoms with E-state index >= 15 is 0 Å². The zero-order valence-corrected chi connectivity index (χ0v) is 15.5. The van der Waals surface area contributed by atoms with Crippen LogP contribution in [0.3, 0.4) is 0 Å². The molecule has 5 aromatic rings. The van der Waals surface area contributed by atoms with Gasteiger partial charge in [0.15, 0.2) is 5.65 Å². The molecule has 0 aliphatic carbocycles. The van der Waals surface area contributed by atoms with E-state index in [0.717, 1.165) is 22.5 Å². The number of rotatable bonds is 4. The quantitative estimate of drug-likeness (QED) is 0.516. The molecule has 1 N–H and O–H groups in total. The lowest BCUT2D eigenvalue weighted by Gasteiger charge is -2.12. The summed E-state index contributed by atoms with van der Waals surface area (Å²) in [4.78, 5) is 29.7. The highest BCUT2D eigenvalue weighted by molar-refractivity contribution is 5.73. The summed E-state index contributed by atoms with van der Waals surface area (Å²) in [6.07, 6.45) is 5.53. The van der Waals surface area contributed by atoms with Gasteiger partial charge in [0, 0.05) is 18.2 Å². The van der Waals surface area contributed by atoms with Crippen molar-refractivity contribution in [2.45, 2.75) is 6.42 Å². The van der Waals surface area contributed by atoms with E-state index in [-0.39, 0.29) is 5.56 Å². The van der Waals surface area contributed by atoms with Crippen molar-refractivity contribution in [3.8, 4) is 16.9 Å². The Bertz CT molecular complexity index is 1340. The van der Waals surface area contributed by atoms with Crippen LogP contribution in [0, 0.1) is 0 Å². The van der Waals surface area contributed by atoms with Crippen molar-refractivity contribution in [2.24, 2.45) is 0 Å². The first-order valence-electron chi connectivity index (χ1n) is 9.29. The number of aromatic amines is 1. The largest absolute Gasteiger partial charge is 0.345 e. The van der Waals surface area contributed by atoms with Crippen molar-refractivity contribution < 1.29 is 0 Å². The summed E-state index contributed by atoms with van der Waals surface area (Å²) in [5.41, 5.74) is 5.15. The molecular formula is C23H17N5O. The van der Waals surface area contributed by atoms with Crippen LogP contribution in [-0.4, -0.2) is 24.5 Å². The van der Waals surface area contributed by atoms with Crippen LogP contribution in [0.25, 0.3) is 28.1 Å². The molecule has 0 spiro atoms. The van der Waals surface area contributed by atoms with Crippen LogP contribution in [-0.2, 0) is 6.42 Å². The highest BCUT2D eigenvalue weighted by Gasteiger charge is 2.14. The van der Waals surface area contributed by atoms with Crippen LogP contribution in [0.15, 0.2) is 90.2 Å². The van der Waals surface area contributed by atoms with E-state index in [0.29, 0.717) is 23.3 Å². The minimum atomic E-state index is -0.165. The number of pyridine rings is 1. The molecule has 0 amide bonds. The van der Waals surface area contributed by atoms with Crippen LogP contribution in [0.2, 0.25) is 0 Å². The van der Waals surface area contributed by atoms with Crippen molar-refractivity contribution in [2.75, 3.05) is 0 Å². The van der Waals surface area contributed by atoms with Gasteiger partial charge in [0.1, 0.15) is 11.2 Å². The van der Waals surface area contributed by atoms with Crippen molar-refractivity contribution in [3.05, 3.63) is 107 Å². The highest BCUT2D eigenvalue weighted by Crippen LogP contribution is 2.21. The number of aromatic nitrogens is 5. The molecule has 0 atom stereocenters. The maximum atomic E-state index is 13.4. The van der Waals surface area contributed by atoms with Crippen LogP contribution in [0.5, 0.6) is 0 Å². The third-order valence-corrected chi connectivity index (χ3v) is 4.81. The maximum absolute atomic E-state index is 13.4. The van der Waals surface area contributed by atoms with Crippen molar-refractivity contribution in [1.29, 1.82) is 0 Å². The fourth-order valence-corrected chi connectivity index (χ4v) is 3.44. The van der Waals surface area contributed by atoms with E-state index in [1.54, 1.807) is 23.3 Å². The molecule has 0 radical (unpaired) electrons. The molecule has 29 heavy (non-hydrogen) atoms. The zero-order chi connectivity index (χ0) is 19.6. The molecule has 6 heteroatoms. The van der Waals surface area contributed by atoms with Gasteiger partial charge in [0.25, 0.3) is 5.56 Å². The lowest BCUT2D eigenvalue weighted by molar-refractivity contribution is 0.927. The first-order valence-corrected chi connectivity index (χ1v) is 9.29. The van der Waals surface area contributed by atoms with Gasteiger partial charge in [-0.1, -0.05) is 42.5 Å². The Morgan fingerprint density at radius 3 is 2.69 bits per heavy atom. The molecule has 6 nitrogen and oxygen atoms in total. The first kappa shape index (κ1) is 17.1. The number of imidazole rings is 1. The van der Waals surface area contributed by atoms with Gasteiger partial charge in [-0.2, -0.15) is 0 Å². The van der Waals surface area contributed by atoms with Crippen LogP contribution < -0.4 is 5.56 Å². The van der Waals surface area contributed by atoms with Crippen molar-refractivity contribution in [3.63, 3.8) is 0 Å². The van der Waals surface area contributed by atoms with E-state index in [1.807, 2.05) is 66.7 Å². The Morgan fingerprint density at radius 2 is 1.86 bits per heavy atom. The minimum absolute atomic E-state index is 0.165. The lowest BCUT2D eigenvalue weighted by atomic mass is 10.1. The fourth-order valence-electron chi connectivity index (χ4n) is 3.44. The van der Waals surface area contributed by atoms with Crippen molar-refractivity contribution >= 4 is 11.2 Å². The highest BCUT2D eigenvalue weighted by atomic mass is 16.1. The second-order valence-electron chi connectivity index (χ2n) is 6.72. The molecule has 3 aromatic heterocycles. The number of nitrogens with zero attached hydrogens (tertiary/aromatic N) is 4. The Kier molecular flexibility index (Phi) is 4.22. The first-order chi connectivity index (χ1) is 14.3. The molecule has 0 aliphatic rings. The molecule has 0 saturated heterocycles. The number of fused-ring (bicyclic) bond motifs is 1. The number of hydrogen-bond acceptors (Lipinski definition) is 4. The second-order valence-corrected chi connectivity index (χ2v) is 6.72. The summed E-state index contributed by atoms with van der Waals surface area (Å²) in [5, 5.41) is 0. The van der Waals surface area contributed by atoms with E-state index in [9.17, 15) is 4.79 Å². The summed E-state index contributed by atoms with van der Waals surface area (Å²) >= 11 is 0. The molecule has 0 aliphatic heterocycles. The van der Waals surface area contributed by atoms with Gasteiger partial charge < -0.3 is 4.98 Å². The molecule has 0 fully saturated rings. The fraction of sp³-hybridized carbons (Fsp3) is 0.0435. The summed E-state index contributed by atoms with van der Waals surface area (Å²) in [5.74, 6) is 0. The molecule has 0 bridgehead atoms. The molecule has 2 aromatic carbocycles. The smallest absolute Gasteiger partial charge is 0.278 e. The summed E-state index contributed by atoms with van der Waals surface area (Å²) < 4.78 is 1.64. The predicted molar refractivity (Wildman–Crippen MR) is 112 cm³/mol. The van der Waals surface area contributed by atoms with Gasteiger partial charge in [-0.05, 0) is 29.8 Å². The van der Waals surface area contributed by atoms with Crippen LogP contribution in [0.4, 0.5) is 0 Å². The van der Waals surface area contributed by atoms with E-state index in [2.05, 4.69) is 19.9 Å². The minimum Gasteiger partial charge on any atom is -0.345 e. The standard InChI is InChI=1S/C23H17N5O/c29-23-20(12-16-6-2-1-3-7-16)27-19-10-5-11-25-22(19)28(23)18-9-4-8-17(13-18)21-14-24-15-26-21/h1-11,13-15H,12H2,(H,24,26). The van der Waals surface area contributed by atoms with Crippen LogP contribution in [0.1, 0.15) is 11.3 Å². The number of hydrogen-bond donors (Lipinski definition) is 1. The maximum Gasteiger partial charge on any atom is 0.278 e. The normalized spacial score (nSPS) is 11.0. The van der Waals surface area contributed by atoms with Gasteiger partial charge in [-0.3, -0.25) is 9.36 Å². The van der Waals surface area contributed by atoms with Gasteiger partial charge in [0.05, 0.1) is 23.9 Å². The molecule has 3 heterocycles. The Labute approximate surface area is 166 Å². The summed E-state index contributed by atoms with van der Waals surface area (Å²) in [6.45, 7) is 0. The predicted octanol–water partition coefficient (Wildman–Crippen LogP) is 3.76. The van der Waals surface area contributed by atoms with Crippen molar-refractivity contribution in [1.82, 2.24) is 24.5 Å². The van der Waals surface area contributed by atoms with Crippen LogP contribution >= 0.6 is 0 Å². The molecular weight excluding hydrogens is 362 g/mol. The van der Waals surface area contributed by atoms with E-state index in [4.69, 9.17) is 0 Å². The Hall–Kier alpha value is -4.06. The Balaban J connectivity index is 1.72. The molecule has 0 unspecified atom stereocenters. The summed E-state index contributed by atoms with van der Waals surface area (Å²) in [6, 6.07) is 21.3. The molecule has 140 valence electrons. The zero-order valence-electron chi connectivity index (χ0n) is 15.5. The second kappa shape index (κ2) is 7.16. The molecule has 0 saturated carbocycles. The average Bonchev–Trinajstić information content (AvgIpc) is 3.30. The lowest BCUT2D eigenvalue weighted by Crippen LogP contribution is -2.25. The monoisotopic (exact) mass is 379 g/mol. The van der Waals surface area contributed by atoms with E-state index < -0.39 is 0 Å². The third kappa shape index (κ3) is 3.21. The number of nitrogens with one attached hydrogen (secondary N) is 1. The topological polar surface area (TPSA) is 76.5 Å². The molecule has 5 rings (SSSR count). The van der Waals surface area contributed by atoms with Gasteiger partial charge in [-0.15, -0.1) is 0 Å². The average molecular weight is 379 g/mol. The van der Waals surface area contributed by atoms with Gasteiger partial charge in [-0.25, -0.2) is 15.0 Å². The third-order valence-electron chi connectivity index (χ3n) is 4.81. The number of H-pyrrole nitrogens is 1. The summed E-state index contributed by atoms with van der Waals surface area (Å²) in [7, 11) is 0. The SMILES string of the molecule is O=c1c(Cc2ccccc2)nc2cccnc2n1-c1cccc(-c2cnc[nH]2)c1. The van der Waals surface area contributed by atoms with Gasteiger partial charge in [0.2, 0.25) is 0 Å². The van der Waals surface area contributed by atoms with E-state index in [1.165, 1.54) is 0 Å². The van der Waals surface area contributed by atoms with Gasteiger partial charge >= 0.3 is 0 Å². The number of benzene rings is 2. The Morgan fingerprint density at radius 1 is 0.966 bits per heavy atom.